The number of likely N-dealkylation sites (N-methyl/N-ethyl adjacent to an activating group) is 1. The SMILES string of the molecule is CON(C)C(=O)[C@@H]1C/C=C\COCCOCc2ccccc2C(=O)N1. The van der Waals surface area contributed by atoms with E-state index in [1.54, 1.807) is 12.1 Å². The molecule has 0 radical (unpaired) electrons. The molecule has 25 heavy (non-hydrogen) atoms. The normalized spacial score (nSPS) is 20.7. The minimum Gasteiger partial charge on any atom is -0.375 e. The topological polar surface area (TPSA) is 77.1 Å². The average molecular weight is 348 g/mol. The van der Waals surface area contributed by atoms with Gasteiger partial charge < -0.3 is 14.8 Å². The first-order chi connectivity index (χ1) is 12.1. The van der Waals surface area contributed by atoms with E-state index >= 15 is 0 Å². The van der Waals surface area contributed by atoms with Gasteiger partial charge in [-0.15, -0.1) is 0 Å². The van der Waals surface area contributed by atoms with E-state index < -0.39 is 6.04 Å². The molecule has 1 heterocycles. The Bertz CT molecular complexity index is 617. The van der Waals surface area contributed by atoms with Crippen molar-refractivity contribution < 1.29 is 23.9 Å². The van der Waals surface area contributed by atoms with Crippen LogP contribution in [-0.2, 0) is 25.7 Å². The lowest BCUT2D eigenvalue weighted by Gasteiger charge is -2.22. The van der Waals surface area contributed by atoms with Crippen LogP contribution in [0.25, 0.3) is 0 Å². The third kappa shape index (κ3) is 5.67. The van der Waals surface area contributed by atoms with Crippen LogP contribution in [0.4, 0.5) is 0 Å². The van der Waals surface area contributed by atoms with Crippen LogP contribution in [0.5, 0.6) is 0 Å². The Kier molecular flexibility index (Phi) is 7.59. The number of carbonyl (C=O) groups excluding carboxylic acids is 2. The third-order valence-corrected chi connectivity index (χ3v) is 3.83. The number of hydrogen-bond acceptors (Lipinski definition) is 5. The standard InChI is InChI=1S/C18H24N2O5/c1-20(23-2)18(22)16-9-5-6-10-24-11-12-25-13-14-7-3-4-8-15(14)17(21)19-16/h3-8,16H,9-13H2,1-2H3,(H,19,21)/b6-5-/t16-/m0/s1. The molecule has 7 heteroatoms. The van der Waals surface area contributed by atoms with Crippen LogP contribution in [0, 0.1) is 0 Å². The van der Waals surface area contributed by atoms with Crippen molar-refractivity contribution in [3.05, 3.63) is 47.5 Å². The van der Waals surface area contributed by atoms with Crippen molar-refractivity contribution in [3.8, 4) is 0 Å². The maximum atomic E-state index is 12.7. The number of nitrogens with one attached hydrogen (secondary N) is 1. The van der Waals surface area contributed by atoms with Gasteiger partial charge in [0.1, 0.15) is 6.04 Å². The lowest BCUT2D eigenvalue weighted by atomic mass is 10.1. The first-order valence-electron chi connectivity index (χ1n) is 8.14. The molecule has 0 saturated carbocycles. The second kappa shape index (κ2) is 9.93. The Morgan fingerprint density at radius 3 is 2.80 bits per heavy atom. The molecule has 1 atom stereocenters. The molecule has 0 aromatic heterocycles. The van der Waals surface area contributed by atoms with E-state index in [1.807, 2.05) is 24.3 Å². The molecule has 0 saturated heterocycles. The van der Waals surface area contributed by atoms with E-state index in [2.05, 4.69) is 5.32 Å². The number of fused-ring (bicyclic) bond motifs is 1. The van der Waals surface area contributed by atoms with Crippen LogP contribution in [-0.4, -0.2) is 56.9 Å². The molecular formula is C18H24N2O5. The Balaban J connectivity index is 2.23. The molecule has 0 spiro atoms. The number of rotatable bonds is 2. The van der Waals surface area contributed by atoms with Crippen LogP contribution in [0.3, 0.4) is 0 Å². The van der Waals surface area contributed by atoms with E-state index in [0.717, 1.165) is 10.6 Å². The van der Waals surface area contributed by atoms with Crippen molar-refractivity contribution >= 4 is 11.8 Å². The second-order valence-corrected chi connectivity index (χ2v) is 5.54. The Morgan fingerprint density at radius 1 is 1.24 bits per heavy atom. The van der Waals surface area contributed by atoms with Crippen LogP contribution >= 0.6 is 0 Å². The minimum atomic E-state index is -0.731. The summed E-state index contributed by atoms with van der Waals surface area (Å²) in [6.07, 6.45) is 3.98. The van der Waals surface area contributed by atoms with Crippen LogP contribution < -0.4 is 5.32 Å². The molecule has 2 amide bonds. The smallest absolute Gasteiger partial charge is 0.268 e. The van der Waals surface area contributed by atoms with Gasteiger partial charge in [0.05, 0.1) is 33.5 Å². The Labute approximate surface area is 147 Å². The fourth-order valence-electron chi connectivity index (χ4n) is 2.39. The van der Waals surface area contributed by atoms with Gasteiger partial charge in [0.2, 0.25) is 0 Å². The summed E-state index contributed by atoms with van der Waals surface area (Å²) in [6.45, 7) is 1.64. The van der Waals surface area contributed by atoms with E-state index in [9.17, 15) is 9.59 Å². The summed E-state index contributed by atoms with van der Waals surface area (Å²) >= 11 is 0. The van der Waals surface area contributed by atoms with E-state index in [4.69, 9.17) is 14.3 Å². The van der Waals surface area contributed by atoms with Gasteiger partial charge in [0.15, 0.2) is 0 Å². The highest BCUT2D eigenvalue weighted by molar-refractivity contribution is 5.98. The highest BCUT2D eigenvalue weighted by Gasteiger charge is 2.24. The highest BCUT2D eigenvalue weighted by Crippen LogP contribution is 2.12. The van der Waals surface area contributed by atoms with Gasteiger partial charge in [-0.05, 0) is 18.1 Å². The van der Waals surface area contributed by atoms with Crippen molar-refractivity contribution in [2.75, 3.05) is 34.0 Å². The van der Waals surface area contributed by atoms with Gasteiger partial charge in [-0.2, -0.15) is 0 Å². The third-order valence-electron chi connectivity index (χ3n) is 3.83. The number of amides is 2. The van der Waals surface area contributed by atoms with Crippen molar-refractivity contribution in [3.63, 3.8) is 0 Å². The zero-order valence-electron chi connectivity index (χ0n) is 14.6. The van der Waals surface area contributed by atoms with E-state index in [-0.39, 0.29) is 11.8 Å². The van der Waals surface area contributed by atoms with E-state index in [1.165, 1.54) is 14.2 Å². The number of hydroxylamine groups is 2. The molecule has 0 aliphatic carbocycles. The van der Waals surface area contributed by atoms with Crippen LogP contribution in [0.2, 0.25) is 0 Å². The predicted octanol–water partition coefficient (Wildman–Crippen LogP) is 1.30. The quantitative estimate of drug-likeness (QED) is 0.644. The summed E-state index contributed by atoms with van der Waals surface area (Å²) in [7, 11) is 2.91. The molecule has 0 unspecified atom stereocenters. The molecule has 1 aromatic carbocycles. The molecular weight excluding hydrogens is 324 g/mol. The summed E-state index contributed by atoms with van der Waals surface area (Å²) in [4.78, 5) is 30.0. The molecule has 7 nitrogen and oxygen atoms in total. The first kappa shape index (κ1) is 19.1. The lowest BCUT2D eigenvalue weighted by Crippen LogP contribution is -2.47. The predicted molar refractivity (Wildman–Crippen MR) is 91.7 cm³/mol. The van der Waals surface area contributed by atoms with Gasteiger partial charge in [-0.3, -0.25) is 14.4 Å². The summed E-state index contributed by atoms with van der Waals surface area (Å²) in [5.41, 5.74) is 1.25. The molecule has 0 bridgehead atoms. The number of ether oxygens (including phenoxy) is 2. The fourth-order valence-corrected chi connectivity index (χ4v) is 2.39. The molecule has 1 aliphatic rings. The monoisotopic (exact) mass is 348 g/mol. The van der Waals surface area contributed by atoms with Gasteiger partial charge in [0.25, 0.3) is 11.8 Å². The lowest BCUT2D eigenvalue weighted by molar-refractivity contribution is -0.170. The second-order valence-electron chi connectivity index (χ2n) is 5.54. The van der Waals surface area contributed by atoms with Crippen LogP contribution in [0.1, 0.15) is 22.3 Å². The van der Waals surface area contributed by atoms with Gasteiger partial charge in [-0.1, -0.05) is 30.4 Å². The van der Waals surface area contributed by atoms with Crippen molar-refractivity contribution in [1.29, 1.82) is 0 Å². The minimum absolute atomic E-state index is 0.305. The summed E-state index contributed by atoms with van der Waals surface area (Å²) in [5.74, 6) is -0.647. The van der Waals surface area contributed by atoms with Crippen molar-refractivity contribution in [2.24, 2.45) is 0 Å². The van der Waals surface area contributed by atoms with Gasteiger partial charge in [0, 0.05) is 12.6 Å². The molecule has 136 valence electrons. The average Bonchev–Trinajstić information content (AvgIpc) is 2.64. The molecule has 1 N–H and O–H groups in total. The van der Waals surface area contributed by atoms with Crippen molar-refractivity contribution in [2.45, 2.75) is 19.1 Å². The molecule has 2 rings (SSSR count). The summed E-state index contributed by atoms with van der Waals surface area (Å²) in [5, 5.41) is 3.89. The fraction of sp³-hybridized carbons (Fsp3) is 0.444. The molecule has 1 aliphatic heterocycles. The zero-order chi connectivity index (χ0) is 18.1. The van der Waals surface area contributed by atoms with Gasteiger partial charge >= 0.3 is 0 Å². The van der Waals surface area contributed by atoms with Crippen molar-refractivity contribution in [1.82, 2.24) is 10.4 Å². The first-order valence-corrected chi connectivity index (χ1v) is 8.14. The Morgan fingerprint density at radius 2 is 2.00 bits per heavy atom. The van der Waals surface area contributed by atoms with Crippen LogP contribution in [0.15, 0.2) is 36.4 Å². The molecule has 1 aromatic rings. The largest absolute Gasteiger partial charge is 0.375 e. The van der Waals surface area contributed by atoms with E-state index in [0.29, 0.717) is 38.4 Å². The highest BCUT2D eigenvalue weighted by atomic mass is 16.7. The Hall–Kier alpha value is -2.22. The number of benzene rings is 1. The zero-order valence-corrected chi connectivity index (χ0v) is 14.6. The number of nitrogens with zero attached hydrogens (tertiary/aromatic N) is 1. The maximum Gasteiger partial charge on any atom is 0.268 e. The molecule has 0 fully saturated rings. The summed E-state index contributed by atoms with van der Waals surface area (Å²) < 4.78 is 11.0. The van der Waals surface area contributed by atoms with Gasteiger partial charge in [-0.25, -0.2) is 5.06 Å². The maximum absolute atomic E-state index is 12.7. The summed E-state index contributed by atoms with van der Waals surface area (Å²) in [6, 6.07) is 6.44. The number of carbonyl (C=O) groups is 2. The number of hydrogen-bond donors (Lipinski definition) is 1.